The molecule has 2 heterocycles. The molecule has 0 bridgehead atoms. The third-order valence-corrected chi connectivity index (χ3v) is 2.40. The lowest BCUT2D eigenvalue weighted by atomic mass is 10.2. The fraction of sp³-hybridized carbons (Fsp3) is 0.286. The van der Waals surface area contributed by atoms with E-state index in [-0.39, 0.29) is 0 Å². The Kier molecular flexibility index (Phi) is 1.93. The van der Waals surface area contributed by atoms with Crippen LogP contribution in [0.4, 0.5) is 0 Å². The van der Waals surface area contributed by atoms with Gasteiger partial charge >= 0.3 is 0 Å². The predicted octanol–water partition coefficient (Wildman–Crippen LogP) is 2.27. The van der Waals surface area contributed by atoms with Gasteiger partial charge in [-0.15, -0.1) is 0 Å². The van der Waals surface area contributed by atoms with Crippen LogP contribution in [0.2, 0.25) is 5.15 Å². The van der Waals surface area contributed by atoms with Crippen LogP contribution in [0, 0.1) is 3.70 Å². The van der Waals surface area contributed by atoms with Crippen molar-refractivity contribution in [1.29, 1.82) is 0 Å². The predicted molar refractivity (Wildman–Crippen MR) is 51.2 cm³/mol. The molecule has 58 valence electrons. The molecule has 0 saturated heterocycles. The number of rotatable bonds is 0. The van der Waals surface area contributed by atoms with Gasteiger partial charge in [-0.3, -0.25) is 0 Å². The number of hydrogen-bond donors (Lipinski definition) is 0. The van der Waals surface area contributed by atoms with E-state index in [0.717, 1.165) is 22.5 Å². The minimum absolute atomic E-state index is 0.490. The highest BCUT2D eigenvalue weighted by Crippen LogP contribution is 2.32. The minimum Gasteiger partial charge on any atom is -0.490 e. The number of pyridine rings is 1. The van der Waals surface area contributed by atoms with Crippen LogP contribution in [0.15, 0.2) is 6.07 Å². The molecule has 0 unspecified atom stereocenters. The van der Waals surface area contributed by atoms with Crippen molar-refractivity contribution in [2.24, 2.45) is 0 Å². The van der Waals surface area contributed by atoms with Crippen LogP contribution in [-0.2, 0) is 6.42 Å². The SMILES string of the molecule is Clc1nc(I)cc2c1OCC2. The van der Waals surface area contributed by atoms with Crippen LogP contribution >= 0.6 is 34.2 Å². The summed E-state index contributed by atoms with van der Waals surface area (Å²) >= 11 is 7.98. The first-order valence-electron chi connectivity index (χ1n) is 3.25. The first-order valence-corrected chi connectivity index (χ1v) is 4.71. The largest absolute Gasteiger partial charge is 0.490 e. The number of hydrogen-bond acceptors (Lipinski definition) is 2. The Morgan fingerprint density at radius 2 is 2.45 bits per heavy atom. The Balaban J connectivity index is 2.60. The Morgan fingerprint density at radius 3 is 3.27 bits per heavy atom. The molecule has 2 rings (SSSR count). The van der Waals surface area contributed by atoms with Gasteiger partial charge in [-0.05, 0) is 28.7 Å². The first kappa shape index (κ1) is 7.61. The second-order valence-electron chi connectivity index (χ2n) is 2.32. The van der Waals surface area contributed by atoms with Gasteiger partial charge in [-0.25, -0.2) is 4.98 Å². The molecule has 1 aliphatic rings. The summed E-state index contributed by atoms with van der Waals surface area (Å²) in [5, 5.41) is 0.490. The molecule has 0 aromatic carbocycles. The molecule has 0 aliphatic carbocycles. The van der Waals surface area contributed by atoms with Gasteiger partial charge in [-0.2, -0.15) is 0 Å². The number of aromatic nitrogens is 1. The van der Waals surface area contributed by atoms with Gasteiger partial charge in [0.15, 0.2) is 10.9 Å². The zero-order chi connectivity index (χ0) is 7.84. The van der Waals surface area contributed by atoms with Crippen LogP contribution in [-0.4, -0.2) is 11.6 Å². The highest BCUT2D eigenvalue weighted by Gasteiger charge is 2.16. The van der Waals surface area contributed by atoms with Crippen molar-refractivity contribution in [3.05, 3.63) is 20.5 Å². The van der Waals surface area contributed by atoms with E-state index in [4.69, 9.17) is 16.3 Å². The van der Waals surface area contributed by atoms with Gasteiger partial charge in [0.05, 0.1) is 6.61 Å². The molecule has 0 N–H and O–H groups in total. The molecular weight excluding hydrogens is 276 g/mol. The Bertz CT molecular complexity index is 303. The van der Waals surface area contributed by atoms with Gasteiger partial charge < -0.3 is 4.74 Å². The average molecular weight is 281 g/mol. The van der Waals surface area contributed by atoms with Crippen molar-refractivity contribution in [3.8, 4) is 5.75 Å². The van der Waals surface area contributed by atoms with Crippen molar-refractivity contribution < 1.29 is 4.74 Å². The van der Waals surface area contributed by atoms with E-state index >= 15 is 0 Å². The third kappa shape index (κ3) is 1.31. The van der Waals surface area contributed by atoms with Crippen molar-refractivity contribution in [2.75, 3.05) is 6.61 Å². The van der Waals surface area contributed by atoms with Crippen molar-refractivity contribution >= 4 is 34.2 Å². The van der Waals surface area contributed by atoms with E-state index in [1.807, 2.05) is 6.07 Å². The molecule has 0 saturated carbocycles. The van der Waals surface area contributed by atoms with Crippen molar-refractivity contribution in [3.63, 3.8) is 0 Å². The Labute approximate surface area is 83.1 Å². The van der Waals surface area contributed by atoms with Gasteiger partial charge in [0.2, 0.25) is 0 Å². The van der Waals surface area contributed by atoms with Gasteiger partial charge in [0, 0.05) is 12.0 Å². The second-order valence-corrected chi connectivity index (χ2v) is 3.79. The van der Waals surface area contributed by atoms with Crippen LogP contribution in [0.1, 0.15) is 5.56 Å². The van der Waals surface area contributed by atoms with Crippen LogP contribution < -0.4 is 4.74 Å². The fourth-order valence-electron chi connectivity index (χ4n) is 1.12. The van der Waals surface area contributed by atoms with Crippen LogP contribution in [0.5, 0.6) is 5.75 Å². The summed E-state index contributed by atoms with van der Waals surface area (Å²) in [6, 6.07) is 2.01. The lowest BCUT2D eigenvalue weighted by Gasteiger charge is -2.00. The quantitative estimate of drug-likeness (QED) is 0.538. The molecule has 0 atom stereocenters. The molecule has 4 heteroatoms. The zero-order valence-electron chi connectivity index (χ0n) is 5.60. The number of fused-ring (bicyclic) bond motifs is 1. The van der Waals surface area contributed by atoms with Gasteiger partial charge in [-0.1, -0.05) is 11.6 Å². The maximum absolute atomic E-state index is 5.83. The molecule has 1 aromatic heterocycles. The topological polar surface area (TPSA) is 22.1 Å². The third-order valence-electron chi connectivity index (χ3n) is 1.60. The minimum atomic E-state index is 0.490. The molecule has 0 radical (unpaired) electrons. The average Bonchev–Trinajstić information content (AvgIpc) is 2.34. The summed E-state index contributed by atoms with van der Waals surface area (Å²) in [5.41, 5.74) is 1.18. The summed E-state index contributed by atoms with van der Waals surface area (Å²) in [6.07, 6.45) is 0.952. The van der Waals surface area contributed by atoms with E-state index in [9.17, 15) is 0 Å². The molecule has 2 nitrogen and oxygen atoms in total. The molecule has 0 spiro atoms. The maximum Gasteiger partial charge on any atom is 0.172 e. The van der Waals surface area contributed by atoms with E-state index in [0.29, 0.717) is 5.15 Å². The molecule has 1 aromatic rings. The second kappa shape index (κ2) is 2.79. The first-order chi connectivity index (χ1) is 5.27. The van der Waals surface area contributed by atoms with Crippen LogP contribution in [0.3, 0.4) is 0 Å². The summed E-state index contributed by atoms with van der Waals surface area (Å²) in [4.78, 5) is 4.07. The van der Waals surface area contributed by atoms with E-state index in [1.165, 1.54) is 5.56 Å². The standard InChI is InChI=1S/C7H5ClINO/c8-7-6-4(1-2-11-6)3-5(9)10-7/h3H,1-2H2. The van der Waals surface area contributed by atoms with Crippen molar-refractivity contribution in [2.45, 2.75) is 6.42 Å². The lowest BCUT2D eigenvalue weighted by molar-refractivity contribution is 0.356. The van der Waals surface area contributed by atoms with Gasteiger partial charge in [0.1, 0.15) is 3.70 Å². The molecule has 1 aliphatic heterocycles. The molecule has 0 fully saturated rings. The summed E-state index contributed by atoms with van der Waals surface area (Å²) in [7, 11) is 0. The lowest BCUT2D eigenvalue weighted by Crippen LogP contribution is -1.88. The molecular formula is C7H5ClINO. The normalized spacial score (nSPS) is 14.4. The zero-order valence-corrected chi connectivity index (χ0v) is 8.52. The Hall–Kier alpha value is -0.0300. The van der Waals surface area contributed by atoms with E-state index in [1.54, 1.807) is 0 Å². The monoisotopic (exact) mass is 281 g/mol. The van der Waals surface area contributed by atoms with Crippen molar-refractivity contribution in [1.82, 2.24) is 4.98 Å². The summed E-state index contributed by atoms with van der Waals surface area (Å²) in [6.45, 7) is 0.733. The molecule has 11 heavy (non-hydrogen) atoms. The van der Waals surface area contributed by atoms with E-state index in [2.05, 4.69) is 27.6 Å². The number of nitrogens with zero attached hydrogens (tertiary/aromatic N) is 1. The van der Waals surface area contributed by atoms with E-state index < -0.39 is 0 Å². The summed E-state index contributed by atoms with van der Waals surface area (Å²) in [5.74, 6) is 0.770. The Morgan fingerprint density at radius 1 is 1.64 bits per heavy atom. The summed E-state index contributed by atoms with van der Waals surface area (Å²) < 4.78 is 6.21. The maximum atomic E-state index is 5.83. The highest BCUT2D eigenvalue weighted by molar-refractivity contribution is 14.1. The van der Waals surface area contributed by atoms with Gasteiger partial charge in [0.25, 0.3) is 0 Å². The van der Waals surface area contributed by atoms with Crippen LogP contribution in [0.25, 0.3) is 0 Å². The number of halogens is 2. The smallest absolute Gasteiger partial charge is 0.172 e. The number of ether oxygens (including phenoxy) is 1. The fourth-order valence-corrected chi connectivity index (χ4v) is 2.15. The highest BCUT2D eigenvalue weighted by atomic mass is 127. The molecule has 0 amide bonds.